The summed E-state index contributed by atoms with van der Waals surface area (Å²) in [5, 5.41) is 14.0. The molecule has 1 N–H and O–H groups in total. The highest BCUT2D eigenvalue weighted by molar-refractivity contribution is 5.04. The van der Waals surface area contributed by atoms with Crippen LogP contribution in [-0.2, 0) is 16.8 Å². The van der Waals surface area contributed by atoms with Gasteiger partial charge in [0.05, 0.1) is 12.5 Å². The van der Waals surface area contributed by atoms with Gasteiger partial charge in [0.1, 0.15) is 5.60 Å². The van der Waals surface area contributed by atoms with E-state index in [9.17, 15) is 5.11 Å². The molecule has 1 aliphatic carbocycles. The number of methoxy groups -OCH3 is 1. The maximum atomic E-state index is 9.91. The van der Waals surface area contributed by atoms with Crippen LogP contribution in [0.5, 0.6) is 0 Å². The molecule has 0 saturated heterocycles. The molecule has 1 unspecified atom stereocenters. The van der Waals surface area contributed by atoms with Crippen LogP contribution in [0.25, 0.3) is 0 Å². The number of hydrogen-bond acceptors (Lipinski definition) is 5. The lowest BCUT2D eigenvalue weighted by atomic mass is 10.0. The average molecular weight is 268 g/mol. The van der Waals surface area contributed by atoms with Crippen molar-refractivity contribution in [1.29, 1.82) is 0 Å². The Kier molecular flexibility index (Phi) is 4.58. The number of aromatic nitrogens is 2. The van der Waals surface area contributed by atoms with Crippen LogP contribution in [0.4, 0.5) is 0 Å². The van der Waals surface area contributed by atoms with Gasteiger partial charge in [-0.25, -0.2) is 0 Å². The second-order valence-corrected chi connectivity index (χ2v) is 5.90. The van der Waals surface area contributed by atoms with E-state index in [1.54, 1.807) is 7.11 Å². The molecule has 5 nitrogen and oxygen atoms in total. The zero-order chi connectivity index (χ0) is 13.9. The Labute approximate surface area is 114 Å². The van der Waals surface area contributed by atoms with E-state index >= 15 is 0 Å². The summed E-state index contributed by atoms with van der Waals surface area (Å²) in [4.78, 5) is 4.42. The van der Waals surface area contributed by atoms with Gasteiger partial charge in [0.2, 0.25) is 11.7 Å². The van der Waals surface area contributed by atoms with Crippen LogP contribution in [-0.4, -0.2) is 28.5 Å². The lowest BCUT2D eigenvalue weighted by Crippen LogP contribution is -2.26. The Morgan fingerprint density at radius 2 is 2.05 bits per heavy atom. The van der Waals surface area contributed by atoms with E-state index in [4.69, 9.17) is 9.26 Å². The van der Waals surface area contributed by atoms with E-state index in [1.807, 2.05) is 0 Å². The molecule has 108 valence electrons. The molecule has 19 heavy (non-hydrogen) atoms. The first-order valence-corrected chi connectivity index (χ1v) is 7.12. The fourth-order valence-electron chi connectivity index (χ4n) is 2.82. The van der Waals surface area contributed by atoms with Crippen LogP contribution < -0.4 is 0 Å². The van der Waals surface area contributed by atoms with Crippen LogP contribution in [0, 0.1) is 5.92 Å². The Balaban J connectivity index is 2.02. The number of aliphatic hydroxyl groups is 1. The van der Waals surface area contributed by atoms with Gasteiger partial charge in [-0.05, 0) is 38.0 Å². The van der Waals surface area contributed by atoms with Crippen LogP contribution in [0.15, 0.2) is 4.52 Å². The highest BCUT2D eigenvalue weighted by Gasteiger charge is 2.40. The molecule has 1 atom stereocenters. The lowest BCUT2D eigenvalue weighted by molar-refractivity contribution is -0.0178. The number of ether oxygens (including phenoxy) is 1. The monoisotopic (exact) mass is 268 g/mol. The largest absolute Gasteiger partial charge is 0.393 e. The van der Waals surface area contributed by atoms with Gasteiger partial charge in [-0.2, -0.15) is 4.98 Å². The summed E-state index contributed by atoms with van der Waals surface area (Å²) in [5.74, 6) is 1.60. The van der Waals surface area contributed by atoms with E-state index in [0.29, 0.717) is 24.1 Å². The van der Waals surface area contributed by atoms with Gasteiger partial charge >= 0.3 is 0 Å². The highest BCUT2D eigenvalue weighted by Crippen LogP contribution is 2.40. The summed E-state index contributed by atoms with van der Waals surface area (Å²) in [7, 11) is 1.70. The van der Waals surface area contributed by atoms with E-state index in [1.165, 1.54) is 0 Å². The van der Waals surface area contributed by atoms with E-state index in [0.717, 1.165) is 32.1 Å². The fourth-order valence-corrected chi connectivity index (χ4v) is 2.82. The summed E-state index contributed by atoms with van der Waals surface area (Å²) in [6.07, 6.45) is 4.89. The predicted octanol–water partition coefficient (Wildman–Crippen LogP) is 2.43. The van der Waals surface area contributed by atoms with Crippen LogP contribution in [0.1, 0.15) is 57.7 Å². The zero-order valence-electron chi connectivity index (χ0n) is 12.1. The van der Waals surface area contributed by atoms with Gasteiger partial charge < -0.3 is 14.4 Å². The van der Waals surface area contributed by atoms with Crippen molar-refractivity contribution in [2.75, 3.05) is 7.11 Å². The summed E-state index contributed by atoms with van der Waals surface area (Å²) >= 11 is 0. The Hall–Kier alpha value is -0.940. The molecule has 0 radical (unpaired) electrons. The molecule has 0 aliphatic heterocycles. The third-order valence-electron chi connectivity index (χ3n) is 3.83. The van der Waals surface area contributed by atoms with Gasteiger partial charge in [0.15, 0.2) is 0 Å². The maximum absolute atomic E-state index is 9.91. The minimum Gasteiger partial charge on any atom is -0.393 e. The smallest absolute Gasteiger partial charge is 0.229 e. The van der Waals surface area contributed by atoms with Gasteiger partial charge in [-0.15, -0.1) is 0 Å². The van der Waals surface area contributed by atoms with Gasteiger partial charge in [0.25, 0.3) is 0 Å². The molecule has 0 aromatic carbocycles. The first kappa shape index (κ1) is 14.5. The number of rotatable bonds is 6. The maximum Gasteiger partial charge on any atom is 0.229 e. The van der Waals surface area contributed by atoms with Crippen molar-refractivity contribution in [2.24, 2.45) is 5.92 Å². The molecular weight excluding hydrogens is 244 g/mol. The first-order chi connectivity index (χ1) is 9.05. The van der Waals surface area contributed by atoms with E-state index in [-0.39, 0.29) is 5.60 Å². The van der Waals surface area contributed by atoms with Crippen molar-refractivity contribution in [3.05, 3.63) is 11.7 Å². The summed E-state index contributed by atoms with van der Waals surface area (Å²) in [5.41, 5.74) is -0.370. The first-order valence-electron chi connectivity index (χ1n) is 7.12. The van der Waals surface area contributed by atoms with Crippen molar-refractivity contribution in [3.8, 4) is 0 Å². The molecule has 2 rings (SSSR count). The molecular formula is C14H24N2O3. The number of aliphatic hydroxyl groups excluding tert-OH is 1. The Bertz CT molecular complexity index is 397. The standard InChI is InChI=1S/C14H24N2O3/c1-10(2)8-11(17)9-12-15-13(16-19-12)14(18-3)6-4-5-7-14/h10-11,17H,4-9H2,1-3H3. The SMILES string of the molecule is COC1(c2noc(CC(O)CC(C)C)n2)CCCC1. The zero-order valence-corrected chi connectivity index (χ0v) is 12.1. The van der Waals surface area contributed by atoms with Crippen LogP contribution >= 0.6 is 0 Å². The minimum absolute atomic E-state index is 0.370. The third kappa shape index (κ3) is 3.34. The third-order valence-corrected chi connectivity index (χ3v) is 3.83. The summed E-state index contributed by atoms with van der Waals surface area (Å²) in [6, 6.07) is 0. The van der Waals surface area contributed by atoms with E-state index < -0.39 is 6.10 Å². The molecule has 0 spiro atoms. The van der Waals surface area contributed by atoms with Crippen molar-refractivity contribution < 1.29 is 14.4 Å². The minimum atomic E-state index is -0.421. The molecule has 0 bridgehead atoms. The highest BCUT2D eigenvalue weighted by atomic mass is 16.5. The predicted molar refractivity (Wildman–Crippen MR) is 70.6 cm³/mol. The van der Waals surface area contributed by atoms with Gasteiger partial charge in [0, 0.05) is 7.11 Å². The van der Waals surface area contributed by atoms with Crippen LogP contribution in [0.3, 0.4) is 0 Å². The van der Waals surface area contributed by atoms with E-state index in [2.05, 4.69) is 24.0 Å². The lowest BCUT2D eigenvalue weighted by Gasteiger charge is -2.22. The summed E-state index contributed by atoms with van der Waals surface area (Å²) < 4.78 is 10.9. The second-order valence-electron chi connectivity index (χ2n) is 5.90. The van der Waals surface area contributed by atoms with Crippen molar-refractivity contribution in [3.63, 3.8) is 0 Å². The van der Waals surface area contributed by atoms with Gasteiger partial charge in [-0.1, -0.05) is 19.0 Å². The molecule has 0 amide bonds. The molecule has 5 heteroatoms. The normalized spacial score (nSPS) is 20.1. The second kappa shape index (κ2) is 6.01. The molecule has 1 aromatic heterocycles. The number of nitrogens with zero attached hydrogens (tertiary/aromatic N) is 2. The molecule has 1 aromatic rings. The fraction of sp³-hybridized carbons (Fsp3) is 0.857. The Morgan fingerprint density at radius 1 is 1.37 bits per heavy atom. The van der Waals surface area contributed by atoms with Crippen molar-refractivity contribution in [2.45, 2.75) is 64.1 Å². The molecule has 1 saturated carbocycles. The van der Waals surface area contributed by atoms with Crippen molar-refractivity contribution in [1.82, 2.24) is 10.1 Å². The topological polar surface area (TPSA) is 68.4 Å². The molecule has 1 fully saturated rings. The summed E-state index contributed by atoms with van der Waals surface area (Å²) in [6.45, 7) is 4.17. The Morgan fingerprint density at radius 3 is 2.63 bits per heavy atom. The van der Waals surface area contributed by atoms with Gasteiger partial charge in [-0.3, -0.25) is 0 Å². The number of hydrogen-bond donors (Lipinski definition) is 1. The molecule has 1 aliphatic rings. The average Bonchev–Trinajstić information content (AvgIpc) is 2.96. The molecule has 1 heterocycles. The van der Waals surface area contributed by atoms with Crippen LogP contribution in [0.2, 0.25) is 0 Å². The van der Waals surface area contributed by atoms with Crippen molar-refractivity contribution >= 4 is 0 Å². The quantitative estimate of drug-likeness (QED) is 0.858.